The number of hydrogen-bond donors (Lipinski definition) is 2. The molecule has 1 aromatic carbocycles. The van der Waals surface area contributed by atoms with Gasteiger partial charge in [0.05, 0.1) is 12.2 Å². The predicted molar refractivity (Wildman–Crippen MR) is 74.3 cm³/mol. The molecule has 0 radical (unpaired) electrons. The number of aliphatic hydroxyl groups is 1. The quantitative estimate of drug-likeness (QED) is 0.615. The smallest absolute Gasteiger partial charge is 0.261 e. The van der Waals surface area contributed by atoms with Gasteiger partial charge in [-0.2, -0.15) is 0 Å². The van der Waals surface area contributed by atoms with Gasteiger partial charge in [-0.05, 0) is 24.6 Å². The van der Waals surface area contributed by atoms with Crippen molar-refractivity contribution < 1.29 is 23.4 Å². The van der Waals surface area contributed by atoms with Gasteiger partial charge in [0.1, 0.15) is 13.2 Å². The fourth-order valence-corrected chi connectivity index (χ4v) is 1.60. The lowest BCUT2D eigenvalue weighted by atomic mass is 10.0. The number of hydrogen-bond acceptors (Lipinski definition) is 3. The molecule has 0 saturated heterocycles. The summed E-state index contributed by atoms with van der Waals surface area (Å²) in [7, 11) is 0. The first-order chi connectivity index (χ1) is 10.0. The van der Waals surface area contributed by atoms with Gasteiger partial charge in [0.2, 0.25) is 0 Å². The van der Waals surface area contributed by atoms with E-state index in [0.29, 0.717) is 11.1 Å². The third-order valence-corrected chi connectivity index (χ3v) is 2.50. The van der Waals surface area contributed by atoms with Crippen LogP contribution in [0, 0.1) is 18.8 Å². The van der Waals surface area contributed by atoms with E-state index in [-0.39, 0.29) is 25.7 Å². The topological polar surface area (TPSA) is 58.6 Å². The van der Waals surface area contributed by atoms with Gasteiger partial charge in [0.25, 0.3) is 12.3 Å². The standard InChI is InChI=1S/C15H17F2NO3/c1-11-4-5-13(12(9-11)3-2-7-19)15(20)18-6-8-21-10-14(16)17/h4-5,9,14,19H,6-8,10H2,1H3,(H,18,20). The Hall–Kier alpha value is -1.97. The normalized spacial score (nSPS) is 10.1. The van der Waals surface area contributed by atoms with Gasteiger partial charge in [0, 0.05) is 12.1 Å². The lowest BCUT2D eigenvalue weighted by Crippen LogP contribution is -2.28. The molecule has 0 aliphatic heterocycles. The summed E-state index contributed by atoms with van der Waals surface area (Å²) < 4.78 is 28.4. The molecule has 0 fully saturated rings. The third-order valence-electron chi connectivity index (χ3n) is 2.50. The summed E-state index contributed by atoms with van der Waals surface area (Å²) in [6, 6.07) is 5.14. The number of aryl methyl sites for hydroxylation is 1. The van der Waals surface area contributed by atoms with Crippen molar-refractivity contribution in [3.05, 3.63) is 34.9 Å². The van der Waals surface area contributed by atoms with Crippen LogP contribution < -0.4 is 5.32 Å². The monoisotopic (exact) mass is 297 g/mol. The number of aliphatic hydroxyl groups excluding tert-OH is 1. The zero-order valence-electron chi connectivity index (χ0n) is 11.7. The average Bonchev–Trinajstić information content (AvgIpc) is 2.44. The average molecular weight is 297 g/mol. The SMILES string of the molecule is Cc1ccc(C(=O)NCCOCC(F)F)c(C#CCO)c1. The summed E-state index contributed by atoms with van der Waals surface area (Å²) in [5, 5.41) is 11.3. The maximum absolute atomic E-state index is 12.0. The predicted octanol–water partition coefficient (Wildman–Crippen LogP) is 1.35. The van der Waals surface area contributed by atoms with Crippen LogP contribution in [0.5, 0.6) is 0 Å². The molecule has 1 rings (SSSR count). The number of carbonyl (C=O) groups is 1. The second-order valence-corrected chi connectivity index (χ2v) is 4.23. The molecule has 4 nitrogen and oxygen atoms in total. The van der Waals surface area contributed by atoms with Crippen molar-refractivity contribution in [1.29, 1.82) is 0 Å². The Morgan fingerprint density at radius 2 is 2.24 bits per heavy atom. The number of carbonyl (C=O) groups excluding carboxylic acids is 1. The third kappa shape index (κ3) is 6.34. The number of rotatable bonds is 6. The fourth-order valence-electron chi connectivity index (χ4n) is 1.60. The first-order valence-corrected chi connectivity index (χ1v) is 6.39. The van der Waals surface area contributed by atoms with Crippen LogP contribution >= 0.6 is 0 Å². The van der Waals surface area contributed by atoms with Gasteiger partial charge >= 0.3 is 0 Å². The van der Waals surface area contributed by atoms with Crippen molar-refractivity contribution in [2.45, 2.75) is 13.3 Å². The Kier molecular flexibility index (Phi) is 7.37. The van der Waals surface area contributed by atoms with Crippen LogP contribution in [0.1, 0.15) is 21.5 Å². The van der Waals surface area contributed by atoms with Crippen LogP contribution in [0.3, 0.4) is 0 Å². The van der Waals surface area contributed by atoms with Crippen LogP contribution in [0.4, 0.5) is 8.78 Å². The maximum atomic E-state index is 12.0. The molecule has 0 atom stereocenters. The molecule has 0 bridgehead atoms. The van der Waals surface area contributed by atoms with E-state index in [2.05, 4.69) is 21.9 Å². The Morgan fingerprint density at radius 3 is 2.90 bits per heavy atom. The van der Waals surface area contributed by atoms with Gasteiger partial charge < -0.3 is 15.2 Å². The van der Waals surface area contributed by atoms with E-state index < -0.39 is 13.0 Å². The number of ether oxygens (including phenoxy) is 1. The van der Waals surface area contributed by atoms with E-state index in [0.717, 1.165) is 5.56 Å². The molecular weight excluding hydrogens is 280 g/mol. The van der Waals surface area contributed by atoms with Gasteiger partial charge in [0.15, 0.2) is 0 Å². The Labute approximate surface area is 122 Å². The van der Waals surface area contributed by atoms with E-state index in [9.17, 15) is 13.6 Å². The molecule has 0 aliphatic carbocycles. The summed E-state index contributed by atoms with van der Waals surface area (Å²) in [6.07, 6.45) is -2.52. The molecule has 21 heavy (non-hydrogen) atoms. The summed E-state index contributed by atoms with van der Waals surface area (Å²) in [5.74, 6) is 4.84. The number of halogens is 2. The van der Waals surface area contributed by atoms with Gasteiger partial charge in [-0.3, -0.25) is 4.79 Å². The van der Waals surface area contributed by atoms with Crippen molar-refractivity contribution >= 4 is 5.91 Å². The van der Waals surface area contributed by atoms with Crippen LogP contribution in [-0.2, 0) is 4.74 Å². The minimum absolute atomic E-state index is 0.0135. The molecule has 0 spiro atoms. The number of alkyl halides is 2. The van der Waals surface area contributed by atoms with E-state index in [1.54, 1.807) is 18.2 Å². The Morgan fingerprint density at radius 1 is 1.48 bits per heavy atom. The first kappa shape index (κ1) is 17.1. The first-order valence-electron chi connectivity index (χ1n) is 6.39. The van der Waals surface area contributed by atoms with Crippen LogP contribution in [0.25, 0.3) is 0 Å². The molecular formula is C15H17F2NO3. The zero-order valence-corrected chi connectivity index (χ0v) is 11.7. The lowest BCUT2D eigenvalue weighted by Gasteiger charge is -2.08. The number of nitrogens with one attached hydrogen (secondary N) is 1. The fraction of sp³-hybridized carbons (Fsp3) is 0.400. The molecule has 114 valence electrons. The Bertz CT molecular complexity index is 535. The minimum Gasteiger partial charge on any atom is -0.384 e. The molecule has 6 heteroatoms. The van der Waals surface area contributed by atoms with Crippen molar-refractivity contribution in [3.63, 3.8) is 0 Å². The zero-order chi connectivity index (χ0) is 15.7. The second-order valence-electron chi connectivity index (χ2n) is 4.23. The van der Waals surface area contributed by atoms with Crippen molar-refractivity contribution in [3.8, 4) is 11.8 Å². The minimum atomic E-state index is -2.52. The highest BCUT2D eigenvalue weighted by molar-refractivity contribution is 5.96. The largest absolute Gasteiger partial charge is 0.384 e. The highest BCUT2D eigenvalue weighted by atomic mass is 19.3. The number of amides is 1. The Balaban J connectivity index is 2.61. The van der Waals surface area contributed by atoms with E-state index in [1.807, 2.05) is 6.92 Å². The van der Waals surface area contributed by atoms with Gasteiger partial charge in [-0.25, -0.2) is 8.78 Å². The second kappa shape index (κ2) is 9.06. The van der Waals surface area contributed by atoms with E-state index >= 15 is 0 Å². The van der Waals surface area contributed by atoms with Crippen molar-refractivity contribution in [2.24, 2.45) is 0 Å². The number of benzene rings is 1. The lowest BCUT2D eigenvalue weighted by molar-refractivity contribution is 0.0188. The molecule has 0 aliphatic rings. The van der Waals surface area contributed by atoms with Crippen molar-refractivity contribution in [1.82, 2.24) is 5.32 Å². The van der Waals surface area contributed by atoms with E-state index in [4.69, 9.17) is 5.11 Å². The molecule has 0 aromatic heterocycles. The summed E-state index contributed by atoms with van der Waals surface area (Å²) in [5.41, 5.74) is 1.82. The molecule has 0 unspecified atom stereocenters. The summed E-state index contributed by atoms with van der Waals surface area (Å²) in [6.45, 7) is 1.07. The van der Waals surface area contributed by atoms with Gasteiger partial charge in [-0.1, -0.05) is 17.9 Å². The van der Waals surface area contributed by atoms with Crippen LogP contribution in [0.2, 0.25) is 0 Å². The highest BCUT2D eigenvalue weighted by Gasteiger charge is 2.10. The molecule has 0 heterocycles. The molecule has 0 saturated carbocycles. The maximum Gasteiger partial charge on any atom is 0.261 e. The van der Waals surface area contributed by atoms with Crippen LogP contribution in [0.15, 0.2) is 18.2 Å². The molecule has 1 aromatic rings. The summed E-state index contributed by atoms with van der Waals surface area (Å²) in [4.78, 5) is 12.0. The van der Waals surface area contributed by atoms with Crippen molar-refractivity contribution in [2.75, 3.05) is 26.4 Å². The van der Waals surface area contributed by atoms with E-state index in [1.165, 1.54) is 0 Å². The van der Waals surface area contributed by atoms with Crippen LogP contribution in [-0.4, -0.2) is 43.8 Å². The summed E-state index contributed by atoms with van der Waals surface area (Å²) >= 11 is 0. The van der Waals surface area contributed by atoms with Gasteiger partial charge in [-0.15, -0.1) is 0 Å². The molecule has 2 N–H and O–H groups in total. The highest BCUT2D eigenvalue weighted by Crippen LogP contribution is 2.10. The molecule has 1 amide bonds.